The van der Waals surface area contributed by atoms with Crippen LogP contribution in [0.2, 0.25) is 0 Å². The van der Waals surface area contributed by atoms with Crippen molar-refractivity contribution >= 4 is 11.6 Å². The summed E-state index contributed by atoms with van der Waals surface area (Å²) in [7, 11) is 1.88. The predicted octanol–water partition coefficient (Wildman–Crippen LogP) is 3.23. The van der Waals surface area contributed by atoms with Crippen LogP contribution in [0.1, 0.15) is 32.1 Å². The molecule has 1 aliphatic rings. The lowest BCUT2D eigenvalue weighted by atomic mass is 9.88. The number of hydrogen-bond donors (Lipinski definition) is 0. The molecule has 0 radical (unpaired) electrons. The van der Waals surface area contributed by atoms with Crippen LogP contribution in [0.3, 0.4) is 0 Å². The Balaban J connectivity index is 2.04. The molecule has 0 heterocycles. The maximum atomic E-state index is 12.2. The molecule has 2 heteroatoms. The van der Waals surface area contributed by atoms with E-state index in [2.05, 4.69) is 0 Å². The molecule has 0 atom stereocenters. The normalized spacial score (nSPS) is 17.1. The van der Waals surface area contributed by atoms with Crippen LogP contribution in [0.5, 0.6) is 0 Å². The van der Waals surface area contributed by atoms with E-state index in [9.17, 15) is 4.79 Å². The number of anilines is 1. The Hall–Kier alpha value is -1.31. The zero-order valence-corrected chi connectivity index (χ0v) is 9.86. The summed E-state index contributed by atoms with van der Waals surface area (Å²) in [4.78, 5) is 14.0. The molecule has 2 nitrogen and oxygen atoms in total. The highest BCUT2D eigenvalue weighted by Crippen LogP contribution is 2.26. The summed E-state index contributed by atoms with van der Waals surface area (Å²) in [6, 6.07) is 9.89. The van der Waals surface area contributed by atoms with Crippen LogP contribution in [-0.2, 0) is 4.79 Å². The van der Waals surface area contributed by atoms with Gasteiger partial charge in [0.05, 0.1) is 0 Å². The van der Waals surface area contributed by atoms with E-state index in [0.29, 0.717) is 0 Å². The third kappa shape index (κ3) is 2.43. The molecule has 1 aromatic rings. The summed E-state index contributed by atoms with van der Waals surface area (Å²) in [5.74, 6) is 0.532. The van der Waals surface area contributed by atoms with E-state index in [4.69, 9.17) is 0 Å². The molecule has 1 saturated carbocycles. The van der Waals surface area contributed by atoms with E-state index in [1.807, 2.05) is 37.4 Å². The van der Waals surface area contributed by atoms with Crippen molar-refractivity contribution in [3.63, 3.8) is 0 Å². The van der Waals surface area contributed by atoms with E-state index in [1.165, 1.54) is 19.3 Å². The van der Waals surface area contributed by atoms with Crippen molar-refractivity contribution in [2.75, 3.05) is 11.9 Å². The monoisotopic (exact) mass is 217 g/mol. The third-order valence-corrected chi connectivity index (χ3v) is 3.43. The van der Waals surface area contributed by atoms with Crippen LogP contribution in [0.25, 0.3) is 0 Å². The molecule has 0 unspecified atom stereocenters. The van der Waals surface area contributed by atoms with E-state index < -0.39 is 0 Å². The first-order valence-electron chi connectivity index (χ1n) is 6.11. The quantitative estimate of drug-likeness (QED) is 0.744. The number of benzene rings is 1. The minimum absolute atomic E-state index is 0.249. The molecule has 0 bridgehead atoms. The van der Waals surface area contributed by atoms with Gasteiger partial charge in [-0.1, -0.05) is 37.5 Å². The van der Waals surface area contributed by atoms with Crippen LogP contribution in [0, 0.1) is 5.92 Å². The second-order valence-corrected chi connectivity index (χ2v) is 4.57. The molecule has 1 aliphatic carbocycles. The van der Waals surface area contributed by atoms with Crippen molar-refractivity contribution in [3.8, 4) is 0 Å². The van der Waals surface area contributed by atoms with Crippen LogP contribution >= 0.6 is 0 Å². The fourth-order valence-corrected chi connectivity index (χ4v) is 2.40. The van der Waals surface area contributed by atoms with Gasteiger partial charge in [-0.15, -0.1) is 0 Å². The molecule has 0 saturated heterocycles. The molecular weight excluding hydrogens is 198 g/mol. The molecule has 0 aliphatic heterocycles. The summed E-state index contributed by atoms with van der Waals surface area (Å²) in [5.41, 5.74) is 0.998. The molecule has 1 fully saturated rings. The predicted molar refractivity (Wildman–Crippen MR) is 66.4 cm³/mol. The van der Waals surface area contributed by atoms with Gasteiger partial charge in [0.25, 0.3) is 0 Å². The number of carbonyl (C=O) groups is 1. The van der Waals surface area contributed by atoms with E-state index in [0.717, 1.165) is 18.5 Å². The summed E-state index contributed by atoms with van der Waals surface area (Å²) in [6.07, 6.45) is 5.84. The molecule has 86 valence electrons. The molecule has 1 aromatic carbocycles. The van der Waals surface area contributed by atoms with E-state index in [-0.39, 0.29) is 11.8 Å². The standard InChI is InChI=1S/C14H19NO/c1-15(13-10-6-3-7-11-13)14(16)12-8-4-2-5-9-12/h3,6-7,10-12H,2,4-5,8-9H2,1H3. The number of para-hydroxylation sites is 1. The van der Waals surface area contributed by atoms with Crippen molar-refractivity contribution in [1.29, 1.82) is 0 Å². The minimum atomic E-state index is 0.249. The summed E-state index contributed by atoms with van der Waals surface area (Å²) < 4.78 is 0. The fourth-order valence-electron chi connectivity index (χ4n) is 2.40. The number of nitrogens with zero attached hydrogens (tertiary/aromatic N) is 1. The van der Waals surface area contributed by atoms with Gasteiger partial charge in [-0.25, -0.2) is 0 Å². The van der Waals surface area contributed by atoms with Gasteiger partial charge in [0.15, 0.2) is 0 Å². The number of carbonyl (C=O) groups excluding carboxylic acids is 1. The Morgan fingerprint density at radius 2 is 1.75 bits per heavy atom. The molecule has 0 N–H and O–H groups in total. The third-order valence-electron chi connectivity index (χ3n) is 3.43. The Morgan fingerprint density at radius 3 is 2.38 bits per heavy atom. The molecule has 2 rings (SSSR count). The fraction of sp³-hybridized carbons (Fsp3) is 0.500. The van der Waals surface area contributed by atoms with Crippen LogP contribution in [0.4, 0.5) is 5.69 Å². The topological polar surface area (TPSA) is 20.3 Å². The van der Waals surface area contributed by atoms with Gasteiger partial charge in [-0.3, -0.25) is 4.79 Å². The van der Waals surface area contributed by atoms with Crippen LogP contribution in [0.15, 0.2) is 30.3 Å². The van der Waals surface area contributed by atoms with Gasteiger partial charge < -0.3 is 4.90 Å². The first-order valence-corrected chi connectivity index (χ1v) is 6.11. The summed E-state index contributed by atoms with van der Waals surface area (Å²) in [6.45, 7) is 0. The smallest absolute Gasteiger partial charge is 0.229 e. The van der Waals surface area contributed by atoms with Crippen LogP contribution in [-0.4, -0.2) is 13.0 Å². The lowest BCUT2D eigenvalue weighted by molar-refractivity contribution is -0.123. The summed E-state index contributed by atoms with van der Waals surface area (Å²) in [5, 5.41) is 0. The second-order valence-electron chi connectivity index (χ2n) is 4.57. The van der Waals surface area contributed by atoms with E-state index in [1.54, 1.807) is 4.90 Å². The van der Waals surface area contributed by atoms with E-state index >= 15 is 0 Å². The lowest BCUT2D eigenvalue weighted by Crippen LogP contribution is -2.33. The highest BCUT2D eigenvalue weighted by atomic mass is 16.2. The van der Waals surface area contributed by atoms with Gasteiger partial charge in [-0.2, -0.15) is 0 Å². The highest BCUT2D eigenvalue weighted by Gasteiger charge is 2.24. The Morgan fingerprint density at radius 1 is 1.12 bits per heavy atom. The maximum absolute atomic E-state index is 12.2. The Bertz CT molecular complexity index is 341. The average Bonchev–Trinajstić information content (AvgIpc) is 2.39. The number of amides is 1. The molecule has 0 spiro atoms. The number of rotatable bonds is 2. The molecular formula is C14H19NO. The lowest BCUT2D eigenvalue weighted by Gasteiger charge is -2.26. The first kappa shape index (κ1) is 11.2. The van der Waals surface area contributed by atoms with Gasteiger partial charge in [0.2, 0.25) is 5.91 Å². The zero-order valence-electron chi connectivity index (χ0n) is 9.86. The van der Waals surface area contributed by atoms with Crippen molar-refractivity contribution in [1.82, 2.24) is 0 Å². The van der Waals surface area contributed by atoms with Crippen LogP contribution < -0.4 is 4.90 Å². The Kier molecular flexibility index (Phi) is 3.60. The van der Waals surface area contributed by atoms with Gasteiger partial charge >= 0.3 is 0 Å². The van der Waals surface area contributed by atoms with Gasteiger partial charge in [-0.05, 0) is 25.0 Å². The van der Waals surface area contributed by atoms with Crippen molar-refractivity contribution < 1.29 is 4.79 Å². The second kappa shape index (κ2) is 5.15. The molecule has 16 heavy (non-hydrogen) atoms. The average molecular weight is 217 g/mol. The molecule has 1 amide bonds. The minimum Gasteiger partial charge on any atom is -0.315 e. The first-order chi connectivity index (χ1) is 7.79. The highest BCUT2D eigenvalue weighted by molar-refractivity contribution is 5.94. The van der Waals surface area contributed by atoms with Crippen molar-refractivity contribution in [2.24, 2.45) is 5.92 Å². The SMILES string of the molecule is CN(C(=O)C1CCCCC1)c1ccccc1. The Labute approximate surface area is 97.3 Å². The zero-order chi connectivity index (χ0) is 11.4. The van der Waals surface area contributed by atoms with Gasteiger partial charge in [0.1, 0.15) is 0 Å². The van der Waals surface area contributed by atoms with Gasteiger partial charge in [0, 0.05) is 18.7 Å². The van der Waals surface area contributed by atoms with Crippen molar-refractivity contribution in [3.05, 3.63) is 30.3 Å². The summed E-state index contributed by atoms with van der Waals surface area (Å²) >= 11 is 0. The molecule has 0 aromatic heterocycles. The largest absolute Gasteiger partial charge is 0.315 e. The van der Waals surface area contributed by atoms with Crippen molar-refractivity contribution in [2.45, 2.75) is 32.1 Å². The number of hydrogen-bond acceptors (Lipinski definition) is 1. The maximum Gasteiger partial charge on any atom is 0.229 e.